The van der Waals surface area contributed by atoms with E-state index in [0.717, 1.165) is 17.7 Å². The van der Waals surface area contributed by atoms with Gasteiger partial charge in [0.1, 0.15) is 18.2 Å². The second-order valence-electron chi connectivity index (χ2n) is 7.25. The van der Waals surface area contributed by atoms with Gasteiger partial charge < -0.3 is 15.0 Å². The molecule has 6 heteroatoms. The molecule has 0 aromatic heterocycles. The van der Waals surface area contributed by atoms with E-state index in [1.807, 2.05) is 24.3 Å². The minimum absolute atomic E-state index is 0.0258. The molecule has 0 bridgehead atoms. The number of carbonyl (C=O) groups excluding carboxylic acids is 2. The fraction of sp³-hybridized carbons (Fsp3) is 0.333. The molecule has 3 rings (SSSR count). The topological polar surface area (TPSA) is 58.6 Å². The summed E-state index contributed by atoms with van der Waals surface area (Å²) in [4.78, 5) is 26.7. The molecule has 0 unspecified atom stereocenters. The number of nitrogens with zero attached hydrogens (tertiary/aromatic N) is 1. The number of amides is 2. The SMILES string of the molecule is C#CCOc1ccc(CCNC(=O)C2CCN(C(=O)c3ccc(F)cc3)CC2)cc1. The molecule has 156 valence electrons. The first-order chi connectivity index (χ1) is 14.6. The van der Waals surface area contributed by atoms with Crippen LogP contribution in [0, 0.1) is 24.1 Å². The zero-order valence-electron chi connectivity index (χ0n) is 16.8. The number of benzene rings is 2. The molecular formula is C24H25FN2O3. The van der Waals surface area contributed by atoms with Crippen molar-refractivity contribution in [3.8, 4) is 18.1 Å². The second-order valence-corrected chi connectivity index (χ2v) is 7.25. The van der Waals surface area contributed by atoms with Crippen molar-refractivity contribution >= 4 is 11.8 Å². The van der Waals surface area contributed by atoms with E-state index in [9.17, 15) is 14.0 Å². The lowest BCUT2D eigenvalue weighted by Crippen LogP contribution is -2.43. The summed E-state index contributed by atoms with van der Waals surface area (Å²) in [5, 5.41) is 2.99. The summed E-state index contributed by atoms with van der Waals surface area (Å²) in [7, 11) is 0. The van der Waals surface area contributed by atoms with Crippen molar-refractivity contribution in [2.45, 2.75) is 19.3 Å². The van der Waals surface area contributed by atoms with Crippen molar-refractivity contribution in [3.63, 3.8) is 0 Å². The van der Waals surface area contributed by atoms with Crippen molar-refractivity contribution in [2.24, 2.45) is 5.92 Å². The standard InChI is InChI=1S/C24H25FN2O3/c1-2-17-30-22-9-3-18(4-10-22)11-14-26-23(28)19-12-15-27(16-13-19)24(29)20-5-7-21(25)8-6-20/h1,3-10,19H,11-17H2,(H,26,28). The number of piperidine rings is 1. The summed E-state index contributed by atoms with van der Waals surface area (Å²) in [6, 6.07) is 13.2. The van der Waals surface area contributed by atoms with E-state index in [2.05, 4.69) is 11.2 Å². The fourth-order valence-electron chi connectivity index (χ4n) is 3.47. The van der Waals surface area contributed by atoms with Crippen LogP contribution in [-0.2, 0) is 11.2 Å². The van der Waals surface area contributed by atoms with E-state index in [4.69, 9.17) is 11.2 Å². The van der Waals surface area contributed by atoms with Crippen LogP contribution < -0.4 is 10.1 Å². The van der Waals surface area contributed by atoms with Crippen molar-refractivity contribution < 1.29 is 18.7 Å². The maximum absolute atomic E-state index is 13.0. The van der Waals surface area contributed by atoms with Crippen molar-refractivity contribution in [1.29, 1.82) is 0 Å². The maximum Gasteiger partial charge on any atom is 0.253 e. The van der Waals surface area contributed by atoms with E-state index in [0.29, 0.717) is 38.0 Å². The molecule has 5 nitrogen and oxygen atoms in total. The highest BCUT2D eigenvalue weighted by atomic mass is 19.1. The molecular weight excluding hydrogens is 383 g/mol. The van der Waals surface area contributed by atoms with Gasteiger partial charge in [-0.15, -0.1) is 6.42 Å². The minimum Gasteiger partial charge on any atom is -0.481 e. The van der Waals surface area contributed by atoms with Crippen LogP contribution in [0.3, 0.4) is 0 Å². The third kappa shape index (κ3) is 5.84. The Morgan fingerprint density at radius 3 is 2.40 bits per heavy atom. The Hall–Kier alpha value is -3.33. The third-order valence-electron chi connectivity index (χ3n) is 5.20. The van der Waals surface area contributed by atoms with Crippen LogP contribution in [0.25, 0.3) is 0 Å². The Morgan fingerprint density at radius 1 is 1.10 bits per heavy atom. The van der Waals surface area contributed by atoms with Crippen LogP contribution in [0.2, 0.25) is 0 Å². The zero-order valence-corrected chi connectivity index (χ0v) is 16.8. The van der Waals surface area contributed by atoms with Gasteiger partial charge in [-0.2, -0.15) is 0 Å². The first-order valence-electron chi connectivity index (χ1n) is 10.0. The summed E-state index contributed by atoms with van der Waals surface area (Å²) in [6.07, 6.45) is 7.14. The van der Waals surface area contributed by atoms with Crippen molar-refractivity contribution in [3.05, 3.63) is 65.5 Å². The van der Waals surface area contributed by atoms with Gasteiger partial charge in [-0.05, 0) is 61.2 Å². The Morgan fingerprint density at radius 2 is 1.77 bits per heavy atom. The molecule has 1 fully saturated rings. The molecule has 30 heavy (non-hydrogen) atoms. The van der Waals surface area contributed by atoms with Gasteiger partial charge in [-0.25, -0.2) is 4.39 Å². The predicted octanol–water partition coefficient (Wildman–Crippen LogP) is 3.05. The van der Waals surface area contributed by atoms with Crippen LogP contribution in [0.15, 0.2) is 48.5 Å². The van der Waals surface area contributed by atoms with Crippen molar-refractivity contribution in [1.82, 2.24) is 10.2 Å². The predicted molar refractivity (Wildman–Crippen MR) is 113 cm³/mol. The van der Waals surface area contributed by atoms with Gasteiger partial charge in [-0.3, -0.25) is 9.59 Å². The summed E-state index contributed by atoms with van der Waals surface area (Å²) < 4.78 is 18.4. The number of hydrogen-bond acceptors (Lipinski definition) is 3. The second kappa shape index (κ2) is 10.4. The normalized spacial score (nSPS) is 14.1. The molecule has 1 aliphatic heterocycles. The summed E-state index contributed by atoms with van der Waals surface area (Å²) in [5.41, 5.74) is 1.57. The third-order valence-corrected chi connectivity index (χ3v) is 5.20. The average Bonchev–Trinajstić information content (AvgIpc) is 2.78. The largest absolute Gasteiger partial charge is 0.481 e. The molecule has 2 amide bonds. The smallest absolute Gasteiger partial charge is 0.253 e. The van der Waals surface area contributed by atoms with Crippen LogP contribution in [0.1, 0.15) is 28.8 Å². The quantitative estimate of drug-likeness (QED) is 0.717. The van der Waals surface area contributed by atoms with Crippen LogP contribution in [0.5, 0.6) is 5.75 Å². The number of likely N-dealkylation sites (tertiary alicyclic amines) is 1. The van der Waals surface area contributed by atoms with E-state index in [1.54, 1.807) is 4.90 Å². The number of nitrogens with one attached hydrogen (secondary N) is 1. The van der Waals surface area contributed by atoms with E-state index < -0.39 is 0 Å². The number of terminal acetylenes is 1. The Kier molecular flexibility index (Phi) is 7.45. The molecule has 1 aliphatic rings. The lowest BCUT2D eigenvalue weighted by molar-refractivity contribution is -0.126. The first kappa shape index (κ1) is 21.4. The monoisotopic (exact) mass is 408 g/mol. The van der Waals surface area contributed by atoms with E-state index >= 15 is 0 Å². The van der Waals surface area contributed by atoms with Gasteiger partial charge >= 0.3 is 0 Å². The molecule has 0 spiro atoms. The zero-order chi connectivity index (χ0) is 21.3. The Bertz CT molecular complexity index is 896. The van der Waals surface area contributed by atoms with Gasteiger partial charge in [-0.1, -0.05) is 18.1 Å². The highest BCUT2D eigenvalue weighted by Gasteiger charge is 2.27. The minimum atomic E-state index is -0.366. The average molecular weight is 408 g/mol. The van der Waals surface area contributed by atoms with Crippen molar-refractivity contribution in [2.75, 3.05) is 26.2 Å². The number of ether oxygens (including phenoxy) is 1. The molecule has 1 saturated heterocycles. The van der Waals surface area contributed by atoms with Gasteiger partial charge in [0.2, 0.25) is 5.91 Å². The van der Waals surface area contributed by atoms with Crippen LogP contribution in [-0.4, -0.2) is 43.0 Å². The van der Waals surface area contributed by atoms with Crippen LogP contribution in [0.4, 0.5) is 4.39 Å². The Balaban J connectivity index is 1.39. The highest BCUT2D eigenvalue weighted by molar-refractivity contribution is 5.94. The molecule has 2 aromatic carbocycles. The van der Waals surface area contributed by atoms with Crippen LogP contribution >= 0.6 is 0 Å². The molecule has 0 radical (unpaired) electrons. The fourth-order valence-corrected chi connectivity index (χ4v) is 3.47. The van der Waals surface area contributed by atoms with Gasteiger partial charge in [0.25, 0.3) is 5.91 Å². The lowest BCUT2D eigenvalue weighted by atomic mass is 9.95. The molecule has 0 atom stereocenters. The number of halogens is 1. The first-order valence-corrected chi connectivity index (χ1v) is 10.0. The number of carbonyl (C=O) groups is 2. The van der Waals surface area contributed by atoms with Gasteiger partial charge in [0, 0.05) is 31.1 Å². The van der Waals surface area contributed by atoms with Gasteiger partial charge in [0.05, 0.1) is 0 Å². The molecule has 0 aliphatic carbocycles. The molecule has 2 aromatic rings. The summed E-state index contributed by atoms with van der Waals surface area (Å²) in [6.45, 7) is 1.84. The van der Waals surface area contributed by atoms with Gasteiger partial charge in [0.15, 0.2) is 0 Å². The summed E-state index contributed by atoms with van der Waals surface area (Å²) >= 11 is 0. The van der Waals surface area contributed by atoms with E-state index in [1.165, 1.54) is 24.3 Å². The number of rotatable bonds is 7. The molecule has 1 heterocycles. The molecule has 1 N–H and O–H groups in total. The lowest BCUT2D eigenvalue weighted by Gasteiger charge is -2.31. The Labute approximate surface area is 176 Å². The number of hydrogen-bond donors (Lipinski definition) is 1. The molecule has 0 saturated carbocycles. The highest BCUT2D eigenvalue weighted by Crippen LogP contribution is 2.19. The summed E-state index contributed by atoms with van der Waals surface area (Å²) in [5.74, 6) is 2.59. The maximum atomic E-state index is 13.0. The van der Waals surface area contributed by atoms with E-state index in [-0.39, 0.29) is 30.2 Å².